The Bertz CT molecular complexity index is 533. The molecule has 1 aliphatic carbocycles. The van der Waals surface area contributed by atoms with Crippen molar-refractivity contribution >= 4 is 31.0 Å². The molecular weight excluding hydrogens is 428 g/mol. The number of hydrogen-bond donors (Lipinski definition) is 0. The summed E-state index contributed by atoms with van der Waals surface area (Å²) in [5.41, 5.74) is 2.24. The molecule has 0 bridgehead atoms. The van der Waals surface area contributed by atoms with E-state index in [1.165, 1.54) is 5.56 Å². The molecule has 0 spiro atoms. The van der Waals surface area contributed by atoms with E-state index in [0.717, 1.165) is 5.56 Å². The third kappa shape index (κ3) is 18.0. The van der Waals surface area contributed by atoms with Gasteiger partial charge in [-0.2, -0.15) is 0 Å². The molecule has 1 aromatic rings. The van der Waals surface area contributed by atoms with Crippen molar-refractivity contribution in [3.8, 4) is 0 Å². The summed E-state index contributed by atoms with van der Waals surface area (Å²) in [5.74, 6) is 0. The van der Waals surface area contributed by atoms with Crippen molar-refractivity contribution in [2.75, 3.05) is 0 Å². The van der Waals surface area contributed by atoms with Gasteiger partial charge in [0.25, 0.3) is 0 Å². The van der Waals surface area contributed by atoms with Crippen LogP contribution in [-0.2, 0) is 17.1 Å². The summed E-state index contributed by atoms with van der Waals surface area (Å²) in [6, 6.07) is 3.77. The van der Waals surface area contributed by atoms with E-state index in [2.05, 4.69) is 0 Å². The molecule has 1 aromatic carbocycles. The predicted molar refractivity (Wildman–Crippen MR) is 82.1 cm³/mol. The van der Waals surface area contributed by atoms with Crippen LogP contribution >= 0.6 is 31.0 Å². The minimum atomic E-state index is -10.7. The maximum absolute atomic E-state index is 10.7. The number of aryl methyl sites for hydroxylation is 1. The smallest absolute Gasteiger partial charge is 0.00506 e. The Labute approximate surface area is 151 Å². The van der Waals surface area contributed by atoms with E-state index in [-0.39, 0.29) is 17.1 Å². The van der Waals surface area contributed by atoms with Crippen molar-refractivity contribution in [3.05, 3.63) is 64.0 Å². The molecule has 0 aliphatic heterocycles. The minimum absolute atomic E-state index is 0. The van der Waals surface area contributed by atoms with Gasteiger partial charge < -0.3 is 0 Å². The van der Waals surface area contributed by atoms with Crippen molar-refractivity contribution in [1.82, 2.24) is 0 Å². The molecule has 0 fully saturated rings. The van der Waals surface area contributed by atoms with Gasteiger partial charge in [-0.05, 0) is 31.0 Å². The molecule has 23 heavy (non-hydrogen) atoms. The maximum Gasteiger partial charge on any atom is 0.00506 e. The van der Waals surface area contributed by atoms with Crippen LogP contribution in [-0.4, -0.2) is 0 Å². The van der Waals surface area contributed by atoms with Gasteiger partial charge in [0.15, 0.2) is 0 Å². The van der Waals surface area contributed by atoms with E-state index in [0.29, 0.717) is 10.0 Å². The summed E-state index contributed by atoms with van der Waals surface area (Å²) >= 11 is 11.6. The summed E-state index contributed by atoms with van der Waals surface area (Å²) in [6.45, 7) is 3.97. The maximum atomic E-state index is 9.87. The molecule has 0 saturated carbocycles. The fourth-order valence-corrected chi connectivity index (χ4v) is 1.49. The van der Waals surface area contributed by atoms with E-state index < -0.39 is 7.81 Å². The topological polar surface area (TPSA) is 0 Å². The van der Waals surface area contributed by atoms with Gasteiger partial charge in [0.1, 0.15) is 0 Å². The Balaban J connectivity index is 0. The number of halogens is 8. The first kappa shape index (κ1) is 25.1. The van der Waals surface area contributed by atoms with Gasteiger partial charge >= 0.3 is 33.0 Å². The fourth-order valence-electron chi connectivity index (χ4n) is 1.07. The van der Waals surface area contributed by atoms with Crippen molar-refractivity contribution in [2.24, 2.45) is 0 Å². The van der Waals surface area contributed by atoms with Crippen LogP contribution in [0.3, 0.4) is 0 Å². The fraction of sp³-hybridized carbons (Fsp3) is 0.154. The molecule has 0 atom stereocenters. The van der Waals surface area contributed by atoms with Crippen molar-refractivity contribution in [2.45, 2.75) is 13.8 Å². The van der Waals surface area contributed by atoms with Crippen molar-refractivity contribution in [1.29, 1.82) is 0 Å². The Morgan fingerprint density at radius 1 is 0.783 bits per heavy atom. The van der Waals surface area contributed by atoms with Gasteiger partial charge in [-0.25, -0.2) is 0 Å². The molecule has 0 nitrogen and oxygen atoms in total. The Morgan fingerprint density at radius 3 is 1.43 bits per heavy atom. The number of benzene rings is 1. The van der Waals surface area contributed by atoms with Crippen LogP contribution in [0.4, 0.5) is 25.2 Å². The summed E-state index contributed by atoms with van der Waals surface area (Å²) in [7, 11) is -10.7. The summed E-state index contributed by atoms with van der Waals surface area (Å²) in [6.07, 6.45) is 10.0. The second kappa shape index (κ2) is 8.26. The molecule has 10 heteroatoms. The normalized spacial score (nSPS) is 15.2. The molecule has 0 aromatic heterocycles. The van der Waals surface area contributed by atoms with Gasteiger partial charge in [-0.15, -0.1) is 0 Å². The van der Waals surface area contributed by atoms with Gasteiger partial charge in [0.2, 0.25) is 0 Å². The monoisotopic (exact) mass is 440 g/mol. The Morgan fingerprint density at radius 2 is 1.17 bits per heavy atom. The van der Waals surface area contributed by atoms with E-state index in [9.17, 15) is 25.2 Å². The van der Waals surface area contributed by atoms with E-state index in [1.807, 2.05) is 56.7 Å². The van der Waals surface area contributed by atoms with Gasteiger partial charge in [-0.3, -0.25) is 0 Å². The van der Waals surface area contributed by atoms with Crippen LogP contribution in [0.5, 0.6) is 0 Å². The van der Waals surface area contributed by atoms with Crippen LogP contribution in [0.2, 0.25) is 10.0 Å². The first-order valence-corrected chi connectivity index (χ1v) is 8.50. The quantitative estimate of drug-likeness (QED) is 0.216. The van der Waals surface area contributed by atoms with Crippen LogP contribution in [0.15, 0.2) is 36.4 Å². The van der Waals surface area contributed by atoms with Crippen molar-refractivity contribution in [3.63, 3.8) is 0 Å². The van der Waals surface area contributed by atoms with Gasteiger partial charge in [-0.1, -0.05) is 53.6 Å². The van der Waals surface area contributed by atoms with E-state index in [1.54, 1.807) is 0 Å². The third-order valence-electron chi connectivity index (χ3n) is 2.17. The van der Waals surface area contributed by atoms with Crippen LogP contribution in [0.25, 0.3) is 0 Å². The summed E-state index contributed by atoms with van der Waals surface area (Å²) in [5, 5.41) is 1.30. The van der Waals surface area contributed by atoms with Crippen molar-refractivity contribution < 1.29 is 42.3 Å². The first-order valence-electron chi connectivity index (χ1n) is 5.72. The molecule has 0 amide bonds. The minimum Gasteiger partial charge on any atom is -0.0767 e. The average molecular weight is 441 g/mol. The molecule has 135 valence electrons. The molecule has 0 heterocycles. The second-order valence-electron chi connectivity index (χ2n) is 4.22. The standard InChI is InChI=1S/C8H8Cl2.C5H5.F6P.Fe/c1-5-3-4-7(9)8(10)6(5)2;1-2-4-5-3-1;1-7(2,3,4,5)6;/h3-4H,1-2H3;1-5H;;/q;;-1;. The largest absolute Gasteiger partial charge is 0.0767 e. The van der Waals surface area contributed by atoms with Crippen LogP contribution in [0.1, 0.15) is 11.1 Å². The molecule has 1 radical (unpaired) electrons. The molecule has 2 rings (SSSR count). The van der Waals surface area contributed by atoms with Gasteiger partial charge in [0, 0.05) is 23.5 Å². The predicted octanol–water partition coefficient (Wildman–Crippen LogP) is 8.31. The Hall–Kier alpha value is -0.191. The number of hydrogen-bond acceptors (Lipinski definition) is 0. The van der Waals surface area contributed by atoms with Crippen LogP contribution < -0.4 is 0 Å². The zero-order valence-corrected chi connectivity index (χ0v) is 15.4. The Kier molecular flexibility index (Phi) is 9.00. The summed E-state index contributed by atoms with van der Waals surface area (Å²) < 4.78 is 59.2. The average Bonchev–Trinajstić information content (AvgIpc) is 2.86. The third-order valence-corrected chi connectivity index (χ3v) is 3.06. The number of allylic oxidation sites excluding steroid dienone is 4. The molecule has 1 aliphatic rings. The summed E-state index contributed by atoms with van der Waals surface area (Å²) in [4.78, 5) is 0. The molecule has 0 N–H and O–H groups in total. The first-order chi connectivity index (χ1) is 9.58. The molecule has 0 saturated heterocycles. The molecular formula is C13H13Cl2F6FeP-. The van der Waals surface area contributed by atoms with E-state index in [4.69, 9.17) is 23.2 Å². The SMILES string of the molecule is Cc1ccc(Cl)c(Cl)c1C.F[P-](F)(F)(F)(F)F.[CH]1C=CC=C1.[Fe]. The second-order valence-corrected chi connectivity index (χ2v) is 6.93. The van der Waals surface area contributed by atoms with E-state index >= 15 is 0 Å². The van der Waals surface area contributed by atoms with Gasteiger partial charge in [0.05, 0.1) is 10.0 Å². The zero-order valence-electron chi connectivity index (χ0n) is 11.9. The molecule has 0 unspecified atom stereocenters. The zero-order chi connectivity index (χ0) is 17.7. The van der Waals surface area contributed by atoms with Crippen LogP contribution in [0, 0.1) is 20.3 Å². The number of rotatable bonds is 0.